The fourth-order valence-corrected chi connectivity index (χ4v) is 0.285. The molecule has 66 valence electrons. The van der Waals surface area contributed by atoms with Crippen LogP contribution < -0.4 is 0 Å². The number of rotatable bonds is 3. The highest BCUT2D eigenvalue weighted by molar-refractivity contribution is 6.30. The van der Waals surface area contributed by atoms with Crippen molar-refractivity contribution in [2.24, 2.45) is 20.5 Å². The van der Waals surface area contributed by atoms with E-state index in [1.165, 1.54) is 12.4 Å². The third-order valence-electron chi connectivity index (χ3n) is 0.871. The molecule has 0 aromatic heterocycles. The first-order chi connectivity index (χ1) is 5.70. The summed E-state index contributed by atoms with van der Waals surface area (Å²) in [6.07, 6.45) is 2.53. The summed E-state index contributed by atoms with van der Waals surface area (Å²) < 4.78 is 0. The number of oxime groups is 2. The molecule has 0 aromatic carbocycles. The van der Waals surface area contributed by atoms with E-state index in [0.29, 0.717) is 11.4 Å². The molecule has 0 bridgehead atoms. The SMILES string of the molecule is CC(/C=N/N=C/C(C)=N/O)=N\O. The summed E-state index contributed by atoms with van der Waals surface area (Å²) in [6, 6.07) is 0. The maximum Gasteiger partial charge on any atom is 0.0965 e. The van der Waals surface area contributed by atoms with E-state index in [4.69, 9.17) is 10.4 Å². The Morgan fingerprint density at radius 1 is 0.917 bits per heavy atom. The first-order valence-electron chi connectivity index (χ1n) is 3.14. The molecular weight excluding hydrogens is 160 g/mol. The first kappa shape index (κ1) is 10.3. The van der Waals surface area contributed by atoms with Gasteiger partial charge in [-0.3, -0.25) is 0 Å². The Morgan fingerprint density at radius 3 is 1.50 bits per heavy atom. The predicted octanol–water partition coefficient (Wildman–Crippen LogP) is 0.743. The number of hydrogen-bond acceptors (Lipinski definition) is 6. The fraction of sp³-hybridized carbons (Fsp3) is 0.333. The van der Waals surface area contributed by atoms with Crippen LogP contribution in [0.3, 0.4) is 0 Å². The number of nitrogens with zero attached hydrogens (tertiary/aromatic N) is 4. The van der Waals surface area contributed by atoms with Crippen LogP contribution >= 0.6 is 0 Å². The first-order valence-corrected chi connectivity index (χ1v) is 3.14. The van der Waals surface area contributed by atoms with Gasteiger partial charge >= 0.3 is 0 Å². The van der Waals surface area contributed by atoms with Crippen LogP contribution in [0.4, 0.5) is 0 Å². The summed E-state index contributed by atoms with van der Waals surface area (Å²) in [7, 11) is 0. The van der Waals surface area contributed by atoms with Gasteiger partial charge in [-0.1, -0.05) is 10.3 Å². The standard InChI is InChI=1S/C6H10N4O2/c1-5(9-11)3-7-8-4-6(2)10-12/h3-4,11-12H,1-2H3/b7-3+,8-4+,9-5+,10-6+. The minimum Gasteiger partial charge on any atom is -0.411 e. The van der Waals surface area contributed by atoms with Gasteiger partial charge in [0.15, 0.2) is 0 Å². The Kier molecular flexibility index (Phi) is 5.16. The lowest BCUT2D eigenvalue weighted by atomic mass is 10.5. The lowest BCUT2D eigenvalue weighted by molar-refractivity contribution is 0.319. The van der Waals surface area contributed by atoms with E-state index in [9.17, 15) is 0 Å². The minimum absolute atomic E-state index is 0.339. The van der Waals surface area contributed by atoms with Gasteiger partial charge < -0.3 is 10.4 Å². The van der Waals surface area contributed by atoms with Gasteiger partial charge in [-0.2, -0.15) is 10.2 Å². The molecule has 0 aliphatic heterocycles. The van der Waals surface area contributed by atoms with Crippen molar-refractivity contribution in [2.75, 3.05) is 0 Å². The van der Waals surface area contributed by atoms with Crippen LogP contribution in [0.5, 0.6) is 0 Å². The average molecular weight is 170 g/mol. The Balaban J connectivity index is 3.98. The molecule has 12 heavy (non-hydrogen) atoms. The second kappa shape index (κ2) is 6.02. The van der Waals surface area contributed by atoms with Crippen LogP contribution in [-0.4, -0.2) is 34.3 Å². The molecule has 0 aromatic rings. The third kappa shape index (κ3) is 5.10. The quantitative estimate of drug-likeness (QED) is 0.371. The molecule has 6 heteroatoms. The molecule has 0 aliphatic carbocycles. The second-order valence-electron chi connectivity index (χ2n) is 1.97. The Morgan fingerprint density at radius 2 is 1.25 bits per heavy atom. The Labute approximate surface area is 69.6 Å². The second-order valence-corrected chi connectivity index (χ2v) is 1.97. The van der Waals surface area contributed by atoms with Gasteiger partial charge in [0.05, 0.1) is 23.9 Å². The highest BCUT2D eigenvalue weighted by Crippen LogP contribution is 1.74. The van der Waals surface area contributed by atoms with E-state index in [0.717, 1.165) is 0 Å². The van der Waals surface area contributed by atoms with Gasteiger partial charge in [0.25, 0.3) is 0 Å². The highest BCUT2D eigenvalue weighted by atomic mass is 16.4. The lowest BCUT2D eigenvalue weighted by Gasteiger charge is -1.82. The maximum atomic E-state index is 8.17. The van der Waals surface area contributed by atoms with Gasteiger partial charge in [-0.05, 0) is 13.8 Å². The zero-order valence-corrected chi connectivity index (χ0v) is 6.84. The van der Waals surface area contributed by atoms with Gasteiger partial charge in [-0.25, -0.2) is 0 Å². The van der Waals surface area contributed by atoms with Crippen molar-refractivity contribution in [1.82, 2.24) is 0 Å². The van der Waals surface area contributed by atoms with E-state index in [1.54, 1.807) is 13.8 Å². The van der Waals surface area contributed by atoms with Gasteiger partial charge in [0.2, 0.25) is 0 Å². The van der Waals surface area contributed by atoms with Crippen LogP contribution in [-0.2, 0) is 0 Å². The molecule has 0 heterocycles. The molecule has 0 fully saturated rings. The van der Waals surface area contributed by atoms with Gasteiger partial charge in [0, 0.05) is 0 Å². The summed E-state index contributed by atoms with van der Waals surface area (Å²) in [5.41, 5.74) is 0.677. The molecule has 0 radical (unpaired) electrons. The van der Waals surface area contributed by atoms with Crippen molar-refractivity contribution >= 4 is 23.9 Å². The molecule has 6 nitrogen and oxygen atoms in total. The molecule has 0 rings (SSSR count). The fourth-order valence-electron chi connectivity index (χ4n) is 0.285. The molecule has 2 N–H and O–H groups in total. The number of hydrogen-bond donors (Lipinski definition) is 2. The van der Waals surface area contributed by atoms with Crippen molar-refractivity contribution in [3.63, 3.8) is 0 Å². The summed E-state index contributed by atoms with van der Waals surface area (Å²) in [4.78, 5) is 0. The van der Waals surface area contributed by atoms with Crippen LogP contribution in [0.1, 0.15) is 13.8 Å². The van der Waals surface area contributed by atoms with Crippen LogP contribution in [0.25, 0.3) is 0 Å². The van der Waals surface area contributed by atoms with Crippen LogP contribution in [0.2, 0.25) is 0 Å². The normalized spacial score (nSPS) is 14.8. The van der Waals surface area contributed by atoms with E-state index in [-0.39, 0.29) is 0 Å². The molecule has 0 unspecified atom stereocenters. The molecule has 0 atom stereocenters. The van der Waals surface area contributed by atoms with Crippen molar-refractivity contribution in [1.29, 1.82) is 0 Å². The highest BCUT2D eigenvalue weighted by Gasteiger charge is 1.82. The van der Waals surface area contributed by atoms with E-state index in [1.807, 2.05) is 0 Å². The molecule has 0 aliphatic rings. The van der Waals surface area contributed by atoms with Crippen molar-refractivity contribution in [2.45, 2.75) is 13.8 Å². The monoisotopic (exact) mass is 170 g/mol. The van der Waals surface area contributed by atoms with Crippen molar-refractivity contribution in [3.05, 3.63) is 0 Å². The topological polar surface area (TPSA) is 89.9 Å². The molecule has 0 saturated heterocycles. The Hall–Kier alpha value is -1.72. The molecular formula is C6H10N4O2. The largest absolute Gasteiger partial charge is 0.411 e. The summed E-state index contributed by atoms with van der Waals surface area (Å²) in [5, 5.41) is 29.0. The molecule has 0 amide bonds. The van der Waals surface area contributed by atoms with Gasteiger partial charge in [-0.15, -0.1) is 0 Å². The van der Waals surface area contributed by atoms with E-state index >= 15 is 0 Å². The zero-order valence-electron chi connectivity index (χ0n) is 6.84. The summed E-state index contributed by atoms with van der Waals surface area (Å²) in [5.74, 6) is 0. The van der Waals surface area contributed by atoms with Crippen LogP contribution in [0, 0.1) is 0 Å². The van der Waals surface area contributed by atoms with Crippen LogP contribution in [0.15, 0.2) is 20.5 Å². The van der Waals surface area contributed by atoms with Gasteiger partial charge in [0.1, 0.15) is 0 Å². The zero-order chi connectivity index (χ0) is 9.40. The lowest BCUT2D eigenvalue weighted by Crippen LogP contribution is -1.93. The van der Waals surface area contributed by atoms with Crippen molar-refractivity contribution in [3.8, 4) is 0 Å². The maximum absolute atomic E-state index is 8.17. The van der Waals surface area contributed by atoms with E-state index in [2.05, 4.69) is 20.5 Å². The average Bonchev–Trinajstić information content (AvgIpc) is 2.11. The third-order valence-corrected chi connectivity index (χ3v) is 0.871. The molecule has 0 saturated carbocycles. The minimum atomic E-state index is 0.339. The molecule has 0 spiro atoms. The van der Waals surface area contributed by atoms with Crippen molar-refractivity contribution < 1.29 is 10.4 Å². The van der Waals surface area contributed by atoms with E-state index < -0.39 is 0 Å². The smallest absolute Gasteiger partial charge is 0.0965 e. The Bertz CT molecular complexity index is 216. The summed E-state index contributed by atoms with van der Waals surface area (Å²) >= 11 is 0. The predicted molar refractivity (Wildman–Crippen MR) is 46.8 cm³/mol. The summed E-state index contributed by atoms with van der Waals surface area (Å²) in [6.45, 7) is 3.12.